The molecule has 0 atom stereocenters. The Morgan fingerprint density at radius 3 is 2.38 bits per heavy atom. The number of carbonyl (C=O) groups is 1. The van der Waals surface area contributed by atoms with Crippen molar-refractivity contribution in [1.29, 1.82) is 0 Å². The van der Waals surface area contributed by atoms with Gasteiger partial charge in [-0.3, -0.25) is 9.69 Å². The van der Waals surface area contributed by atoms with Crippen LogP contribution in [0.5, 0.6) is 5.75 Å². The third-order valence-electron chi connectivity index (χ3n) is 3.33. The molecule has 7 heteroatoms. The molecule has 0 bridgehead atoms. The zero-order valence-electron chi connectivity index (χ0n) is 12.5. The SMILES string of the molecule is COc1c(Cl)cc(C=C2SC(=S)N(c3ccccc3)C2=O)cc1Cl. The molecule has 1 aliphatic rings. The number of hydrogen-bond donors (Lipinski definition) is 0. The van der Waals surface area contributed by atoms with E-state index in [1.165, 1.54) is 23.8 Å². The minimum atomic E-state index is -0.167. The number of halogens is 2. The Balaban J connectivity index is 1.95. The molecular weight excluding hydrogens is 385 g/mol. The van der Waals surface area contributed by atoms with Crippen LogP contribution >= 0.6 is 47.2 Å². The Hall–Kier alpha value is -1.53. The monoisotopic (exact) mass is 395 g/mol. The van der Waals surface area contributed by atoms with E-state index in [-0.39, 0.29) is 5.91 Å². The van der Waals surface area contributed by atoms with Gasteiger partial charge in [-0.15, -0.1) is 0 Å². The number of ether oxygens (including phenoxy) is 1. The second-order valence-electron chi connectivity index (χ2n) is 4.87. The Bertz CT molecular complexity index is 830. The predicted molar refractivity (Wildman–Crippen MR) is 105 cm³/mol. The second-order valence-corrected chi connectivity index (χ2v) is 7.36. The summed E-state index contributed by atoms with van der Waals surface area (Å²) in [4.78, 5) is 14.7. The number of anilines is 1. The quantitative estimate of drug-likeness (QED) is 0.513. The fourth-order valence-corrected chi connectivity index (χ4v) is 4.23. The molecule has 0 radical (unpaired) electrons. The maximum atomic E-state index is 12.7. The first-order chi connectivity index (χ1) is 11.5. The van der Waals surface area contributed by atoms with E-state index in [1.54, 1.807) is 18.2 Å². The smallest absolute Gasteiger partial charge is 0.270 e. The number of rotatable bonds is 3. The van der Waals surface area contributed by atoms with Gasteiger partial charge in [-0.2, -0.15) is 0 Å². The number of amides is 1. The minimum absolute atomic E-state index is 0.167. The lowest BCUT2D eigenvalue weighted by Gasteiger charge is -2.13. The summed E-state index contributed by atoms with van der Waals surface area (Å²) < 4.78 is 5.62. The van der Waals surface area contributed by atoms with Crippen LogP contribution in [0, 0.1) is 0 Å². The molecule has 122 valence electrons. The molecule has 0 aromatic heterocycles. The van der Waals surface area contributed by atoms with Gasteiger partial charge in [-0.1, -0.05) is 65.4 Å². The minimum Gasteiger partial charge on any atom is -0.494 e. The molecule has 2 aromatic rings. The highest BCUT2D eigenvalue weighted by atomic mass is 35.5. The molecule has 1 amide bonds. The molecule has 1 heterocycles. The maximum Gasteiger partial charge on any atom is 0.270 e. The Morgan fingerprint density at radius 2 is 1.79 bits per heavy atom. The Morgan fingerprint density at radius 1 is 1.17 bits per heavy atom. The molecule has 0 spiro atoms. The van der Waals surface area contributed by atoms with Gasteiger partial charge in [0.05, 0.1) is 27.7 Å². The van der Waals surface area contributed by atoms with E-state index in [0.29, 0.717) is 30.6 Å². The van der Waals surface area contributed by atoms with Crippen LogP contribution < -0.4 is 9.64 Å². The van der Waals surface area contributed by atoms with E-state index in [2.05, 4.69) is 0 Å². The average molecular weight is 396 g/mol. The number of methoxy groups -OCH3 is 1. The molecule has 0 N–H and O–H groups in total. The summed E-state index contributed by atoms with van der Waals surface area (Å²) in [5, 5.41) is 0.768. The van der Waals surface area contributed by atoms with Crippen molar-refractivity contribution >= 4 is 69.2 Å². The van der Waals surface area contributed by atoms with Crippen molar-refractivity contribution in [3.05, 3.63) is 63.0 Å². The molecule has 1 saturated heterocycles. The molecule has 24 heavy (non-hydrogen) atoms. The Labute approximate surface area is 159 Å². The van der Waals surface area contributed by atoms with Crippen LogP contribution in [0.1, 0.15) is 5.56 Å². The molecule has 3 nitrogen and oxygen atoms in total. The van der Waals surface area contributed by atoms with E-state index in [9.17, 15) is 4.79 Å². The third kappa shape index (κ3) is 3.30. The van der Waals surface area contributed by atoms with E-state index in [1.807, 2.05) is 30.3 Å². The summed E-state index contributed by atoms with van der Waals surface area (Å²) in [6.45, 7) is 0. The zero-order chi connectivity index (χ0) is 17.3. The fourth-order valence-electron chi connectivity index (χ4n) is 2.28. The number of carbonyl (C=O) groups excluding carboxylic acids is 1. The summed E-state index contributed by atoms with van der Waals surface area (Å²) >= 11 is 18.9. The molecular formula is C17H11Cl2NO2S2. The summed E-state index contributed by atoms with van der Waals surface area (Å²) in [5.41, 5.74) is 1.45. The average Bonchev–Trinajstić information content (AvgIpc) is 2.82. The topological polar surface area (TPSA) is 29.5 Å². The molecule has 0 saturated carbocycles. The first-order valence-electron chi connectivity index (χ1n) is 6.87. The van der Waals surface area contributed by atoms with Crippen LogP contribution in [0.2, 0.25) is 10.0 Å². The summed E-state index contributed by atoms with van der Waals surface area (Å²) in [6.07, 6.45) is 1.72. The Kier molecular flexibility index (Phi) is 5.15. The van der Waals surface area contributed by atoms with Gasteiger partial charge >= 0.3 is 0 Å². The highest BCUT2D eigenvalue weighted by Gasteiger charge is 2.33. The normalized spacial score (nSPS) is 16.1. The predicted octanol–water partition coefficient (Wildman–Crippen LogP) is 5.41. The van der Waals surface area contributed by atoms with Gasteiger partial charge in [-0.25, -0.2) is 0 Å². The molecule has 1 fully saturated rings. The van der Waals surface area contributed by atoms with E-state index in [0.717, 1.165) is 5.69 Å². The molecule has 3 rings (SSSR count). The van der Waals surface area contributed by atoms with Gasteiger partial charge in [0.15, 0.2) is 10.1 Å². The standard InChI is InChI=1S/C17H11Cl2NO2S2/c1-22-15-12(18)7-10(8-13(15)19)9-14-16(21)20(17(23)24-14)11-5-3-2-4-6-11/h2-9H,1H3. The van der Waals surface area contributed by atoms with Crippen molar-refractivity contribution in [3.63, 3.8) is 0 Å². The van der Waals surface area contributed by atoms with Crippen LogP contribution in [0.25, 0.3) is 6.08 Å². The number of hydrogen-bond acceptors (Lipinski definition) is 4. The van der Waals surface area contributed by atoms with Gasteiger partial charge in [0.25, 0.3) is 5.91 Å². The summed E-state index contributed by atoms with van der Waals surface area (Å²) in [5.74, 6) is 0.242. The van der Waals surface area contributed by atoms with Crippen molar-refractivity contribution < 1.29 is 9.53 Å². The first kappa shape index (κ1) is 17.3. The lowest BCUT2D eigenvalue weighted by Crippen LogP contribution is -2.27. The lowest BCUT2D eigenvalue weighted by molar-refractivity contribution is -0.113. The molecule has 0 aliphatic carbocycles. The van der Waals surface area contributed by atoms with Crippen molar-refractivity contribution in [2.45, 2.75) is 0 Å². The number of thioether (sulfide) groups is 1. The maximum absolute atomic E-state index is 12.7. The highest BCUT2D eigenvalue weighted by molar-refractivity contribution is 8.27. The summed E-state index contributed by atoms with van der Waals surface area (Å²) in [6, 6.07) is 12.7. The fraction of sp³-hybridized carbons (Fsp3) is 0.0588. The number of benzene rings is 2. The van der Waals surface area contributed by atoms with E-state index in [4.69, 9.17) is 40.2 Å². The largest absolute Gasteiger partial charge is 0.494 e. The van der Waals surface area contributed by atoms with Crippen molar-refractivity contribution in [1.82, 2.24) is 0 Å². The van der Waals surface area contributed by atoms with Gasteiger partial charge in [0, 0.05) is 0 Å². The van der Waals surface area contributed by atoms with Crippen molar-refractivity contribution in [2.75, 3.05) is 12.0 Å². The first-order valence-corrected chi connectivity index (χ1v) is 8.85. The second kappa shape index (κ2) is 7.15. The number of thiocarbonyl (C=S) groups is 1. The van der Waals surface area contributed by atoms with Crippen LogP contribution in [0.3, 0.4) is 0 Å². The van der Waals surface area contributed by atoms with Gasteiger partial charge in [0.2, 0.25) is 0 Å². The number of para-hydroxylation sites is 1. The third-order valence-corrected chi connectivity index (χ3v) is 5.19. The van der Waals surface area contributed by atoms with Crippen molar-refractivity contribution in [2.24, 2.45) is 0 Å². The van der Waals surface area contributed by atoms with Crippen LogP contribution in [-0.2, 0) is 4.79 Å². The van der Waals surface area contributed by atoms with E-state index < -0.39 is 0 Å². The highest BCUT2D eigenvalue weighted by Crippen LogP contribution is 2.38. The zero-order valence-corrected chi connectivity index (χ0v) is 15.6. The van der Waals surface area contributed by atoms with Gasteiger partial charge in [0.1, 0.15) is 0 Å². The van der Waals surface area contributed by atoms with Crippen molar-refractivity contribution in [3.8, 4) is 5.75 Å². The van der Waals surface area contributed by atoms with Crippen LogP contribution in [-0.4, -0.2) is 17.3 Å². The number of nitrogens with zero attached hydrogens (tertiary/aromatic N) is 1. The molecule has 2 aromatic carbocycles. The van der Waals surface area contributed by atoms with Crippen LogP contribution in [0.15, 0.2) is 47.4 Å². The summed E-state index contributed by atoms with van der Waals surface area (Å²) in [7, 11) is 1.50. The lowest BCUT2D eigenvalue weighted by atomic mass is 10.2. The molecule has 0 unspecified atom stereocenters. The van der Waals surface area contributed by atoms with Gasteiger partial charge in [-0.05, 0) is 35.9 Å². The van der Waals surface area contributed by atoms with Gasteiger partial charge < -0.3 is 4.74 Å². The van der Waals surface area contributed by atoms with E-state index >= 15 is 0 Å². The molecule has 1 aliphatic heterocycles. The van der Waals surface area contributed by atoms with Crippen LogP contribution in [0.4, 0.5) is 5.69 Å².